The van der Waals surface area contributed by atoms with Crippen LogP contribution in [-0.4, -0.2) is 12.0 Å². The van der Waals surface area contributed by atoms with Gasteiger partial charge in [-0.3, -0.25) is 4.79 Å². The van der Waals surface area contributed by atoms with Crippen molar-refractivity contribution < 1.29 is 18.0 Å². The molecule has 2 rings (SSSR count). The van der Waals surface area contributed by atoms with Gasteiger partial charge in [0.15, 0.2) is 0 Å². The van der Waals surface area contributed by atoms with E-state index in [4.69, 9.17) is 0 Å². The van der Waals surface area contributed by atoms with Crippen molar-refractivity contribution in [3.8, 4) is 0 Å². The average Bonchev–Trinajstić information content (AvgIpc) is 2.43. The number of ketones is 1. The van der Waals surface area contributed by atoms with Gasteiger partial charge in [-0.15, -0.1) is 0 Å². The zero-order valence-electron chi connectivity index (χ0n) is 10.4. The number of carbonyl (C=O) groups is 1. The van der Waals surface area contributed by atoms with E-state index in [2.05, 4.69) is 13.0 Å². The summed E-state index contributed by atoms with van der Waals surface area (Å²) >= 11 is 0. The lowest BCUT2D eigenvalue weighted by Gasteiger charge is -2.25. The predicted octanol–water partition coefficient (Wildman–Crippen LogP) is 4.20. The summed E-state index contributed by atoms with van der Waals surface area (Å²) in [5.74, 6) is -0.745. The van der Waals surface area contributed by atoms with E-state index >= 15 is 0 Å². The minimum absolute atomic E-state index is 0.411. The normalized spacial score (nSPS) is 28.2. The van der Waals surface area contributed by atoms with Crippen LogP contribution in [0.2, 0.25) is 0 Å². The lowest BCUT2D eigenvalue weighted by molar-refractivity contribution is -0.170. The van der Waals surface area contributed by atoms with E-state index in [0.717, 1.165) is 19.3 Å². The van der Waals surface area contributed by atoms with Gasteiger partial charge in [0.05, 0.1) is 0 Å². The fourth-order valence-electron chi connectivity index (χ4n) is 2.87. The molecule has 0 fully saturated rings. The van der Waals surface area contributed by atoms with Gasteiger partial charge in [0.25, 0.3) is 0 Å². The quantitative estimate of drug-likeness (QED) is 0.678. The van der Waals surface area contributed by atoms with Crippen molar-refractivity contribution in [2.24, 2.45) is 11.8 Å². The highest BCUT2D eigenvalue weighted by Gasteiger charge is 2.38. The Balaban J connectivity index is 2.04. The summed E-state index contributed by atoms with van der Waals surface area (Å²) in [4.78, 5) is 11.0. The number of rotatable bonds is 2. The fraction of sp³-hybridized carbons (Fsp3) is 0.643. The second-order valence-electron chi connectivity index (χ2n) is 5.38. The van der Waals surface area contributed by atoms with Crippen molar-refractivity contribution in [2.45, 2.75) is 45.2 Å². The summed E-state index contributed by atoms with van der Waals surface area (Å²) in [5.41, 5.74) is 2.01. The summed E-state index contributed by atoms with van der Waals surface area (Å²) in [6.45, 7) is 2.08. The third-order valence-electron chi connectivity index (χ3n) is 3.98. The number of Topliss-reactive ketones (excluding diaryl/α,β-unsaturated/α-hetero) is 1. The largest absolute Gasteiger partial charge is 0.450 e. The van der Waals surface area contributed by atoms with Crippen LogP contribution in [0, 0.1) is 11.8 Å². The van der Waals surface area contributed by atoms with E-state index in [9.17, 15) is 18.0 Å². The number of hydrogen-bond acceptors (Lipinski definition) is 1. The first-order chi connectivity index (χ1) is 8.36. The van der Waals surface area contributed by atoms with Crippen molar-refractivity contribution in [1.29, 1.82) is 0 Å². The Morgan fingerprint density at radius 1 is 1.33 bits per heavy atom. The van der Waals surface area contributed by atoms with E-state index in [1.807, 2.05) is 6.08 Å². The molecule has 0 saturated heterocycles. The van der Waals surface area contributed by atoms with Crippen molar-refractivity contribution in [3.63, 3.8) is 0 Å². The number of halogens is 3. The fourth-order valence-corrected chi connectivity index (χ4v) is 2.87. The van der Waals surface area contributed by atoms with Gasteiger partial charge in [0.2, 0.25) is 5.78 Å². The van der Waals surface area contributed by atoms with Crippen LogP contribution in [0.15, 0.2) is 23.3 Å². The molecule has 0 aliphatic heterocycles. The molecule has 2 unspecified atom stereocenters. The van der Waals surface area contributed by atoms with E-state index in [1.54, 1.807) is 0 Å². The summed E-state index contributed by atoms with van der Waals surface area (Å²) < 4.78 is 36.7. The SMILES string of the molecule is CC1=CCC2CC(CC(=O)C(F)(F)F)=CCC1C2. The molecular weight excluding hydrogens is 241 g/mol. The van der Waals surface area contributed by atoms with Crippen LogP contribution in [0.25, 0.3) is 0 Å². The lowest BCUT2D eigenvalue weighted by atomic mass is 9.80. The second kappa shape index (κ2) is 4.90. The highest BCUT2D eigenvalue weighted by atomic mass is 19.4. The van der Waals surface area contributed by atoms with Gasteiger partial charge >= 0.3 is 6.18 Å². The molecule has 0 spiro atoms. The maximum Gasteiger partial charge on any atom is 0.450 e. The van der Waals surface area contributed by atoms with Crippen molar-refractivity contribution in [3.05, 3.63) is 23.3 Å². The topological polar surface area (TPSA) is 17.1 Å². The van der Waals surface area contributed by atoms with Gasteiger partial charge in [0, 0.05) is 6.42 Å². The Morgan fingerprint density at radius 2 is 2.06 bits per heavy atom. The molecule has 0 aromatic heterocycles. The second-order valence-corrected chi connectivity index (χ2v) is 5.38. The van der Waals surface area contributed by atoms with E-state index in [1.165, 1.54) is 5.57 Å². The number of alkyl halides is 3. The van der Waals surface area contributed by atoms with Crippen LogP contribution in [0.5, 0.6) is 0 Å². The van der Waals surface area contributed by atoms with E-state index in [0.29, 0.717) is 23.8 Å². The molecule has 4 heteroatoms. The van der Waals surface area contributed by atoms with Crippen LogP contribution in [0.1, 0.15) is 39.0 Å². The van der Waals surface area contributed by atoms with E-state index in [-0.39, 0.29) is 0 Å². The third kappa shape index (κ3) is 3.03. The molecule has 0 amide bonds. The minimum Gasteiger partial charge on any atom is -0.289 e. The van der Waals surface area contributed by atoms with Gasteiger partial charge in [-0.2, -0.15) is 13.2 Å². The number of fused-ring (bicyclic) bond motifs is 2. The number of carbonyl (C=O) groups excluding carboxylic acids is 1. The molecule has 0 N–H and O–H groups in total. The monoisotopic (exact) mass is 258 g/mol. The summed E-state index contributed by atoms with van der Waals surface area (Å²) in [6.07, 6.45) is 2.30. The molecule has 0 radical (unpaired) electrons. The Bertz CT molecular complexity index is 404. The molecule has 18 heavy (non-hydrogen) atoms. The van der Waals surface area contributed by atoms with Crippen LogP contribution in [0.4, 0.5) is 13.2 Å². The highest BCUT2D eigenvalue weighted by molar-refractivity contribution is 5.86. The first-order valence-electron chi connectivity index (χ1n) is 6.31. The number of hydrogen-bond donors (Lipinski definition) is 0. The Kier molecular flexibility index (Phi) is 3.64. The molecule has 2 bridgehead atoms. The van der Waals surface area contributed by atoms with Crippen molar-refractivity contribution in [2.75, 3.05) is 0 Å². The maximum atomic E-state index is 12.2. The van der Waals surface area contributed by atoms with Crippen molar-refractivity contribution in [1.82, 2.24) is 0 Å². The predicted molar refractivity (Wildman–Crippen MR) is 63.0 cm³/mol. The molecule has 0 aromatic carbocycles. The van der Waals surface area contributed by atoms with Crippen LogP contribution in [-0.2, 0) is 4.79 Å². The smallest absolute Gasteiger partial charge is 0.289 e. The summed E-state index contributed by atoms with van der Waals surface area (Å²) in [7, 11) is 0. The van der Waals surface area contributed by atoms with Gasteiger partial charge < -0.3 is 0 Å². The first-order valence-corrected chi connectivity index (χ1v) is 6.31. The summed E-state index contributed by atoms with van der Waals surface area (Å²) in [5, 5.41) is 0. The van der Waals surface area contributed by atoms with Gasteiger partial charge in [0.1, 0.15) is 0 Å². The molecule has 1 nitrogen and oxygen atoms in total. The maximum absolute atomic E-state index is 12.2. The molecule has 2 aliphatic rings. The molecule has 0 aromatic rings. The van der Waals surface area contributed by atoms with E-state index < -0.39 is 18.4 Å². The molecule has 0 saturated carbocycles. The van der Waals surface area contributed by atoms with Gasteiger partial charge in [-0.1, -0.05) is 23.3 Å². The molecular formula is C14H17F3O. The lowest BCUT2D eigenvalue weighted by Crippen LogP contribution is -2.23. The standard InChI is InChI=1S/C14H17F3O/c1-9-2-3-10-6-11(4-5-12(9)7-10)8-13(18)14(15,16)17/h2,4,10,12H,3,5-8H2,1H3. The van der Waals surface area contributed by atoms with Crippen LogP contribution >= 0.6 is 0 Å². The molecule has 0 heterocycles. The third-order valence-corrected chi connectivity index (χ3v) is 3.98. The Morgan fingerprint density at radius 3 is 2.72 bits per heavy atom. The molecule has 2 aliphatic carbocycles. The number of allylic oxidation sites excluding steroid dienone is 4. The van der Waals surface area contributed by atoms with Gasteiger partial charge in [-0.05, 0) is 44.4 Å². The van der Waals surface area contributed by atoms with Crippen molar-refractivity contribution >= 4 is 5.78 Å². The van der Waals surface area contributed by atoms with Crippen LogP contribution in [0.3, 0.4) is 0 Å². The highest BCUT2D eigenvalue weighted by Crippen LogP contribution is 2.39. The summed E-state index contributed by atoms with van der Waals surface area (Å²) in [6, 6.07) is 0. The van der Waals surface area contributed by atoms with Crippen LogP contribution < -0.4 is 0 Å². The minimum atomic E-state index is -4.70. The molecule has 100 valence electrons. The first kappa shape index (κ1) is 13.4. The molecule has 2 atom stereocenters. The Labute approximate surface area is 105 Å². The zero-order valence-corrected chi connectivity index (χ0v) is 10.4. The average molecular weight is 258 g/mol. The van der Waals surface area contributed by atoms with Gasteiger partial charge in [-0.25, -0.2) is 0 Å². The Hall–Kier alpha value is -1.06. The zero-order chi connectivity index (χ0) is 13.3.